The SMILES string of the molecule is COCCC1CN(CC(=O)c2cc(OCCCCN)c(OC)c(C(C)(C)C)c2)C(=N)C1c1ccccc1. The zero-order chi connectivity index (χ0) is 27.0. The molecule has 2 unspecified atom stereocenters. The Morgan fingerprint density at radius 1 is 1.11 bits per heavy atom. The van der Waals surface area contributed by atoms with Gasteiger partial charge in [-0.15, -0.1) is 0 Å². The lowest BCUT2D eigenvalue weighted by molar-refractivity contribution is 0.0961. The van der Waals surface area contributed by atoms with E-state index in [4.69, 9.17) is 25.4 Å². The number of carbonyl (C=O) groups is 1. The Kier molecular flexibility index (Phi) is 10.1. The first-order chi connectivity index (χ1) is 17.7. The van der Waals surface area contributed by atoms with E-state index in [1.807, 2.05) is 29.2 Å². The summed E-state index contributed by atoms with van der Waals surface area (Å²) in [6, 6.07) is 13.8. The van der Waals surface area contributed by atoms with Crippen LogP contribution in [0.2, 0.25) is 0 Å². The van der Waals surface area contributed by atoms with Crippen molar-refractivity contribution < 1.29 is 19.0 Å². The highest BCUT2D eigenvalue weighted by Gasteiger charge is 2.39. The summed E-state index contributed by atoms with van der Waals surface area (Å²) in [7, 11) is 3.33. The molecule has 0 spiro atoms. The van der Waals surface area contributed by atoms with E-state index in [2.05, 4.69) is 32.9 Å². The molecule has 0 amide bonds. The van der Waals surface area contributed by atoms with Gasteiger partial charge >= 0.3 is 0 Å². The van der Waals surface area contributed by atoms with Crippen LogP contribution in [0.25, 0.3) is 0 Å². The Bertz CT molecular complexity index is 1050. The topological polar surface area (TPSA) is 97.9 Å². The lowest BCUT2D eigenvalue weighted by atomic mass is 9.84. The van der Waals surface area contributed by atoms with Gasteiger partial charge in [-0.05, 0) is 54.8 Å². The van der Waals surface area contributed by atoms with Gasteiger partial charge in [0.15, 0.2) is 17.3 Å². The number of amidine groups is 1. The van der Waals surface area contributed by atoms with E-state index in [-0.39, 0.29) is 29.6 Å². The molecule has 7 heteroatoms. The van der Waals surface area contributed by atoms with Gasteiger partial charge in [0, 0.05) is 37.3 Å². The van der Waals surface area contributed by atoms with Crippen LogP contribution >= 0.6 is 0 Å². The molecule has 3 rings (SSSR count). The fraction of sp³-hybridized carbons (Fsp3) is 0.533. The molecule has 0 saturated carbocycles. The summed E-state index contributed by atoms with van der Waals surface area (Å²) in [5.74, 6) is 1.85. The van der Waals surface area contributed by atoms with Crippen LogP contribution in [0.4, 0.5) is 0 Å². The summed E-state index contributed by atoms with van der Waals surface area (Å²) < 4.78 is 17.2. The normalized spacial score (nSPS) is 17.8. The third-order valence-electron chi connectivity index (χ3n) is 6.99. The second-order valence-corrected chi connectivity index (χ2v) is 10.8. The summed E-state index contributed by atoms with van der Waals surface area (Å²) in [5.41, 5.74) is 7.98. The highest BCUT2D eigenvalue weighted by Crippen LogP contribution is 2.41. The van der Waals surface area contributed by atoms with E-state index in [0.717, 1.165) is 30.4 Å². The number of nitrogens with two attached hydrogens (primary N) is 1. The standard InChI is InChI=1S/C30H43N3O4/c1-30(2,3)24-17-23(18-26(28(24)36-5)37-15-10-9-14-31)25(34)20-33-19-22(13-16-35-4)27(29(33)32)21-11-7-6-8-12-21/h6-8,11-12,17-18,22,27,32H,9-10,13-16,19-20,31H2,1-5H3. The Morgan fingerprint density at radius 3 is 2.46 bits per heavy atom. The van der Waals surface area contributed by atoms with Gasteiger partial charge in [-0.2, -0.15) is 0 Å². The molecule has 2 aromatic carbocycles. The quantitative estimate of drug-likeness (QED) is 0.291. The Morgan fingerprint density at radius 2 is 1.84 bits per heavy atom. The minimum absolute atomic E-state index is 0.0380. The minimum Gasteiger partial charge on any atom is -0.493 e. The monoisotopic (exact) mass is 509 g/mol. The fourth-order valence-corrected chi connectivity index (χ4v) is 5.01. The molecule has 0 aromatic heterocycles. The largest absolute Gasteiger partial charge is 0.493 e. The molecule has 2 atom stereocenters. The predicted octanol–water partition coefficient (Wildman–Crippen LogP) is 5.02. The van der Waals surface area contributed by atoms with Gasteiger partial charge in [-0.3, -0.25) is 10.2 Å². The molecule has 1 fully saturated rings. The van der Waals surface area contributed by atoms with Crippen molar-refractivity contribution in [3.8, 4) is 11.5 Å². The third kappa shape index (κ3) is 7.11. The van der Waals surface area contributed by atoms with Gasteiger partial charge in [-0.25, -0.2) is 0 Å². The van der Waals surface area contributed by atoms with E-state index in [1.165, 1.54) is 0 Å². The number of ether oxygens (including phenoxy) is 3. The van der Waals surface area contributed by atoms with E-state index in [0.29, 0.717) is 49.2 Å². The number of ketones is 1. The third-order valence-corrected chi connectivity index (χ3v) is 6.99. The zero-order valence-corrected chi connectivity index (χ0v) is 23.0. The van der Waals surface area contributed by atoms with E-state index in [9.17, 15) is 4.79 Å². The second kappa shape index (κ2) is 13.1. The van der Waals surface area contributed by atoms with Crippen molar-refractivity contribution in [2.24, 2.45) is 11.7 Å². The van der Waals surface area contributed by atoms with Gasteiger partial charge < -0.3 is 24.8 Å². The van der Waals surface area contributed by atoms with Crippen LogP contribution in [0.3, 0.4) is 0 Å². The van der Waals surface area contributed by atoms with Crippen molar-refractivity contribution in [2.45, 2.75) is 51.4 Å². The molecule has 1 saturated heterocycles. The summed E-state index contributed by atoms with van der Waals surface area (Å²) in [6.07, 6.45) is 2.54. The minimum atomic E-state index is -0.249. The Hall–Kier alpha value is -2.90. The average Bonchev–Trinajstić information content (AvgIpc) is 3.19. The van der Waals surface area contributed by atoms with Gasteiger partial charge in [-0.1, -0.05) is 51.1 Å². The molecule has 0 bridgehead atoms. The van der Waals surface area contributed by atoms with Crippen molar-refractivity contribution in [2.75, 3.05) is 47.1 Å². The molecule has 7 nitrogen and oxygen atoms in total. The number of unbranched alkanes of at least 4 members (excludes halogenated alkanes) is 1. The maximum absolute atomic E-state index is 13.6. The van der Waals surface area contributed by atoms with Crippen LogP contribution in [0.15, 0.2) is 42.5 Å². The number of benzene rings is 2. The van der Waals surface area contributed by atoms with Crippen molar-refractivity contribution in [3.05, 3.63) is 59.2 Å². The number of carbonyl (C=O) groups excluding carboxylic acids is 1. The van der Waals surface area contributed by atoms with Crippen molar-refractivity contribution >= 4 is 11.6 Å². The van der Waals surface area contributed by atoms with E-state index >= 15 is 0 Å². The molecule has 1 heterocycles. The van der Waals surface area contributed by atoms with E-state index < -0.39 is 0 Å². The van der Waals surface area contributed by atoms with E-state index in [1.54, 1.807) is 20.3 Å². The number of hydrogen-bond donors (Lipinski definition) is 2. The number of methoxy groups -OCH3 is 2. The van der Waals surface area contributed by atoms with Crippen LogP contribution in [0, 0.1) is 11.3 Å². The van der Waals surface area contributed by atoms with Crippen LogP contribution in [0.5, 0.6) is 11.5 Å². The lowest BCUT2D eigenvalue weighted by Crippen LogP contribution is -2.32. The summed E-state index contributed by atoms with van der Waals surface area (Å²) in [4.78, 5) is 15.6. The molecule has 1 aliphatic heterocycles. The molecule has 0 radical (unpaired) electrons. The number of rotatable bonds is 13. The second-order valence-electron chi connectivity index (χ2n) is 10.8. The molecule has 2 aromatic rings. The first-order valence-corrected chi connectivity index (χ1v) is 13.2. The first kappa shape index (κ1) is 28.7. The van der Waals surface area contributed by atoms with Gasteiger partial charge in [0.05, 0.1) is 20.3 Å². The number of nitrogens with zero attached hydrogens (tertiary/aromatic N) is 1. The predicted molar refractivity (Wildman–Crippen MR) is 148 cm³/mol. The molecule has 3 N–H and O–H groups in total. The molecule has 1 aliphatic rings. The maximum atomic E-state index is 13.6. The molecular formula is C30H43N3O4. The molecule has 37 heavy (non-hydrogen) atoms. The van der Waals surface area contributed by atoms with Crippen LogP contribution in [-0.2, 0) is 10.2 Å². The highest BCUT2D eigenvalue weighted by atomic mass is 16.5. The number of hydrogen-bond acceptors (Lipinski definition) is 6. The highest BCUT2D eigenvalue weighted by molar-refractivity contribution is 6.01. The number of Topliss-reactive ketones (excluding diaryl/α,β-unsaturated/α-hetero) is 1. The zero-order valence-electron chi connectivity index (χ0n) is 23.0. The number of nitrogens with one attached hydrogen (secondary N) is 1. The van der Waals surface area contributed by atoms with Crippen molar-refractivity contribution in [1.29, 1.82) is 5.41 Å². The smallest absolute Gasteiger partial charge is 0.182 e. The Labute approximate surface area is 221 Å². The van der Waals surface area contributed by atoms with Crippen LogP contribution in [0.1, 0.15) is 67.4 Å². The summed E-state index contributed by atoms with van der Waals surface area (Å²) in [5, 5.41) is 8.98. The molecule has 202 valence electrons. The molecule has 0 aliphatic carbocycles. The van der Waals surface area contributed by atoms with Crippen molar-refractivity contribution in [1.82, 2.24) is 4.90 Å². The van der Waals surface area contributed by atoms with Gasteiger partial charge in [0.2, 0.25) is 0 Å². The summed E-state index contributed by atoms with van der Waals surface area (Å²) >= 11 is 0. The van der Waals surface area contributed by atoms with Crippen LogP contribution in [-0.4, -0.2) is 63.6 Å². The van der Waals surface area contributed by atoms with Gasteiger partial charge in [0.1, 0.15) is 5.84 Å². The summed E-state index contributed by atoms with van der Waals surface area (Å²) in [6.45, 7) is 8.83. The number of likely N-dealkylation sites (tertiary alicyclic amines) is 1. The fourth-order valence-electron chi connectivity index (χ4n) is 5.01. The maximum Gasteiger partial charge on any atom is 0.182 e. The average molecular weight is 510 g/mol. The van der Waals surface area contributed by atoms with Gasteiger partial charge in [0.25, 0.3) is 0 Å². The lowest BCUT2D eigenvalue weighted by Gasteiger charge is -2.25. The van der Waals surface area contributed by atoms with Crippen molar-refractivity contribution in [3.63, 3.8) is 0 Å². The Balaban J connectivity index is 1.87. The van der Waals surface area contributed by atoms with Crippen LogP contribution < -0.4 is 15.2 Å². The molecular weight excluding hydrogens is 466 g/mol. The first-order valence-electron chi connectivity index (χ1n) is 13.2.